The summed E-state index contributed by atoms with van der Waals surface area (Å²) in [7, 11) is 0. The van der Waals surface area contributed by atoms with Crippen LogP contribution in [0.4, 0.5) is 0 Å². The van der Waals surface area contributed by atoms with Gasteiger partial charge in [-0.2, -0.15) is 0 Å². The molecular weight excluding hydrogens is 444 g/mol. The molecule has 0 fully saturated rings. The maximum atomic E-state index is 5.52. The summed E-state index contributed by atoms with van der Waals surface area (Å²) in [5.41, 5.74) is 0. The van der Waals surface area contributed by atoms with Gasteiger partial charge in [-0.25, -0.2) is 0 Å². The Labute approximate surface area is 208 Å². The molecule has 0 aliphatic carbocycles. The molecule has 0 aromatic rings. The number of hydrogen-bond acceptors (Lipinski definition) is 9. The van der Waals surface area contributed by atoms with E-state index in [0.29, 0.717) is 112 Å². The van der Waals surface area contributed by atoms with Crippen LogP contribution >= 0.6 is 0 Å². The Bertz CT molecular complexity index is 361. The van der Waals surface area contributed by atoms with E-state index in [-0.39, 0.29) is 0 Å². The van der Waals surface area contributed by atoms with E-state index in [1.165, 1.54) is 0 Å². The zero-order valence-electron chi connectivity index (χ0n) is 22.1. The molecule has 34 heavy (non-hydrogen) atoms. The highest BCUT2D eigenvalue weighted by molar-refractivity contribution is 4.46. The summed E-state index contributed by atoms with van der Waals surface area (Å²) in [6, 6.07) is 0. The van der Waals surface area contributed by atoms with Gasteiger partial charge in [0.15, 0.2) is 0 Å². The highest BCUT2D eigenvalue weighted by Gasteiger charge is 1.98. The Balaban J connectivity index is 3.02. The van der Waals surface area contributed by atoms with Crippen LogP contribution in [0, 0.1) is 5.92 Å². The van der Waals surface area contributed by atoms with E-state index in [0.717, 1.165) is 32.5 Å². The summed E-state index contributed by atoms with van der Waals surface area (Å²) < 4.78 is 49.1. The summed E-state index contributed by atoms with van der Waals surface area (Å²) in [6.07, 6.45) is 3.39. The molecule has 9 nitrogen and oxygen atoms in total. The molecule has 0 amide bonds. The molecule has 0 saturated heterocycles. The number of unbranched alkanes of at least 4 members (excludes halogenated alkanes) is 1. The Morgan fingerprint density at radius 2 is 0.647 bits per heavy atom. The number of rotatable bonds is 30. The first-order valence-electron chi connectivity index (χ1n) is 13.0. The highest BCUT2D eigenvalue weighted by Crippen LogP contribution is 2.00. The topological polar surface area (TPSA) is 83.1 Å². The van der Waals surface area contributed by atoms with Gasteiger partial charge in [-0.05, 0) is 12.3 Å². The molecule has 0 aromatic heterocycles. The number of hydrogen-bond donors (Lipinski definition) is 0. The first kappa shape index (κ1) is 33.6. The van der Waals surface area contributed by atoms with Gasteiger partial charge in [0.1, 0.15) is 0 Å². The zero-order valence-corrected chi connectivity index (χ0v) is 22.1. The Kier molecular flexibility index (Phi) is 30.3. The first-order chi connectivity index (χ1) is 16.8. The van der Waals surface area contributed by atoms with Crippen LogP contribution < -0.4 is 0 Å². The molecule has 9 heteroatoms. The standard InChI is InChI=1S/C25H52O9/c1-4-6-7-26-8-9-27-10-11-28-12-13-29-14-15-30-16-17-31-18-19-32-20-21-33-22-23-34-24-25(3)5-2/h25H,4-24H2,1-3H3. The third-order valence-corrected chi connectivity index (χ3v) is 4.72. The third-order valence-electron chi connectivity index (χ3n) is 4.72. The molecule has 0 heterocycles. The summed E-state index contributed by atoms with van der Waals surface area (Å²) in [5.74, 6) is 0.606. The maximum absolute atomic E-state index is 5.52. The van der Waals surface area contributed by atoms with Crippen molar-refractivity contribution < 1.29 is 42.6 Å². The largest absolute Gasteiger partial charge is 0.379 e. The van der Waals surface area contributed by atoms with E-state index in [1.54, 1.807) is 0 Å². The molecule has 0 radical (unpaired) electrons. The Morgan fingerprint density at radius 1 is 0.382 bits per heavy atom. The summed E-state index contributed by atoms with van der Waals surface area (Å²) in [6.45, 7) is 17.2. The van der Waals surface area contributed by atoms with Crippen LogP contribution in [0.1, 0.15) is 40.0 Å². The SMILES string of the molecule is CCCCOCCOCCOCCOCCOCCOCCOCCOCCOCC(C)CC. The molecule has 0 bridgehead atoms. The second kappa shape index (κ2) is 30.7. The van der Waals surface area contributed by atoms with Crippen molar-refractivity contribution in [3.63, 3.8) is 0 Å². The number of ether oxygens (including phenoxy) is 9. The molecule has 0 saturated carbocycles. The lowest BCUT2D eigenvalue weighted by atomic mass is 10.1. The smallest absolute Gasteiger partial charge is 0.0701 e. The lowest BCUT2D eigenvalue weighted by molar-refractivity contribution is -0.0255. The quantitative estimate of drug-likeness (QED) is 0.139. The molecule has 0 spiro atoms. The highest BCUT2D eigenvalue weighted by atomic mass is 16.6. The van der Waals surface area contributed by atoms with Crippen LogP contribution in [-0.4, -0.2) is 119 Å². The van der Waals surface area contributed by atoms with Crippen LogP contribution in [0.5, 0.6) is 0 Å². The predicted octanol–water partition coefficient (Wildman–Crippen LogP) is 2.98. The molecule has 0 aliphatic heterocycles. The van der Waals surface area contributed by atoms with E-state index in [2.05, 4.69) is 20.8 Å². The minimum absolute atomic E-state index is 0.541. The van der Waals surface area contributed by atoms with Gasteiger partial charge in [-0.3, -0.25) is 0 Å². The van der Waals surface area contributed by atoms with Gasteiger partial charge in [0, 0.05) is 13.2 Å². The second-order valence-electron chi connectivity index (χ2n) is 7.84. The van der Waals surface area contributed by atoms with Crippen molar-refractivity contribution in [3.05, 3.63) is 0 Å². The average Bonchev–Trinajstić information content (AvgIpc) is 2.85. The molecule has 0 rings (SSSR count). The van der Waals surface area contributed by atoms with Gasteiger partial charge in [0.2, 0.25) is 0 Å². The van der Waals surface area contributed by atoms with Crippen LogP contribution in [0.15, 0.2) is 0 Å². The van der Waals surface area contributed by atoms with Crippen LogP contribution in [-0.2, 0) is 42.6 Å². The van der Waals surface area contributed by atoms with Gasteiger partial charge < -0.3 is 42.6 Å². The fourth-order valence-electron chi connectivity index (χ4n) is 2.41. The average molecular weight is 497 g/mol. The summed E-state index contributed by atoms with van der Waals surface area (Å²) >= 11 is 0. The zero-order chi connectivity index (χ0) is 24.8. The molecule has 0 aromatic carbocycles. The minimum atomic E-state index is 0.541. The van der Waals surface area contributed by atoms with E-state index >= 15 is 0 Å². The first-order valence-corrected chi connectivity index (χ1v) is 13.0. The van der Waals surface area contributed by atoms with Gasteiger partial charge in [0.25, 0.3) is 0 Å². The van der Waals surface area contributed by atoms with Crippen LogP contribution in [0.3, 0.4) is 0 Å². The minimum Gasteiger partial charge on any atom is -0.379 e. The Hall–Kier alpha value is -0.360. The molecule has 1 atom stereocenters. The van der Waals surface area contributed by atoms with Crippen molar-refractivity contribution in [3.8, 4) is 0 Å². The van der Waals surface area contributed by atoms with Gasteiger partial charge in [-0.15, -0.1) is 0 Å². The fraction of sp³-hybridized carbons (Fsp3) is 1.00. The maximum Gasteiger partial charge on any atom is 0.0701 e. The van der Waals surface area contributed by atoms with E-state index in [1.807, 2.05) is 0 Å². The lowest BCUT2D eigenvalue weighted by Crippen LogP contribution is -2.15. The molecule has 0 aliphatic rings. The van der Waals surface area contributed by atoms with Crippen molar-refractivity contribution >= 4 is 0 Å². The molecule has 0 N–H and O–H groups in total. The molecular formula is C25H52O9. The van der Waals surface area contributed by atoms with E-state index < -0.39 is 0 Å². The lowest BCUT2D eigenvalue weighted by Gasteiger charge is -2.10. The monoisotopic (exact) mass is 496 g/mol. The van der Waals surface area contributed by atoms with Crippen molar-refractivity contribution in [1.82, 2.24) is 0 Å². The second-order valence-corrected chi connectivity index (χ2v) is 7.84. The third kappa shape index (κ3) is 29.7. The van der Waals surface area contributed by atoms with Gasteiger partial charge >= 0.3 is 0 Å². The van der Waals surface area contributed by atoms with Crippen molar-refractivity contribution in [1.29, 1.82) is 0 Å². The predicted molar refractivity (Wildman–Crippen MR) is 132 cm³/mol. The molecule has 1 unspecified atom stereocenters. The van der Waals surface area contributed by atoms with Crippen molar-refractivity contribution in [2.24, 2.45) is 5.92 Å². The normalized spacial score (nSPS) is 12.4. The Morgan fingerprint density at radius 3 is 0.912 bits per heavy atom. The van der Waals surface area contributed by atoms with E-state index in [4.69, 9.17) is 42.6 Å². The van der Waals surface area contributed by atoms with Gasteiger partial charge in [-0.1, -0.05) is 33.6 Å². The summed E-state index contributed by atoms with van der Waals surface area (Å²) in [5, 5.41) is 0. The van der Waals surface area contributed by atoms with E-state index in [9.17, 15) is 0 Å². The fourth-order valence-corrected chi connectivity index (χ4v) is 2.41. The van der Waals surface area contributed by atoms with Crippen molar-refractivity contribution in [2.45, 2.75) is 40.0 Å². The molecule has 206 valence electrons. The van der Waals surface area contributed by atoms with Crippen LogP contribution in [0.2, 0.25) is 0 Å². The van der Waals surface area contributed by atoms with Crippen LogP contribution in [0.25, 0.3) is 0 Å². The van der Waals surface area contributed by atoms with Gasteiger partial charge in [0.05, 0.1) is 106 Å². The summed E-state index contributed by atoms with van der Waals surface area (Å²) in [4.78, 5) is 0. The van der Waals surface area contributed by atoms with Crippen molar-refractivity contribution in [2.75, 3.05) is 119 Å².